The van der Waals surface area contributed by atoms with Crippen LogP contribution in [0.1, 0.15) is 46.5 Å². The highest BCUT2D eigenvalue weighted by Crippen LogP contribution is 2.50. The Morgan fingerprint density at radius 2 is 2.25 bits per heavy atom. The summed E-state index contributed by atoms with van der Waals surface area (Å²) >= 11 is 1.40. The maximum Gasteiger partial charge on any atom is 0.355 e. The first kappa shape index (κ1) is 15.2. The molecule has 1 saturated carbocycles. The van der Waals surface area contributed by atoms with Crippen molar-refractivity contribution in [2.24, 2.45) is 0 Å². The minimum atomic E-state index is -0.976. The molecule has 5 nitrogen and oxygen atoms in total. The molecule has 0 saturated heterocycles. The van der Waals surface area contributed by atoms with E-state index in [4.69, 9.17) is 9.84 Å². The number of carbonyl (C=O) groups is 1. The summed E-state index contributed by atoms with van der Waals surface area (Å²) in [5.74, 6) is -0.152. The molecule has 0 aliphatic heterocycles. The van der Waals surface area contributed by atoms with Crippen molar-refractivity contribution in [3.05, 3.63) is 45.5 Å². The molecule has 0 atom stereocenters. The largest absolute Gasteiger partial charge is 0.497 e. The molecule has 3 aromatic rings. The molecule has 1 fully saturated rings. The van der Waals surface area contributed by atoms with Crippen molar-refractivity contribution >= 4 is 28.2 Å². The van der Waals surface area contributed by atoms with Crippen LogP contribution in [0.2, 0.25) is 0 Å². The van der Waals surface area contributed by atoms with Crippen molar-refractivity contribution in [2.45, 2.75) is 31.6 Å². The van der Waals surface area contributed by atoms with Gasteiger partial charge in [0.25, 0.3) is 0 Å². The number of H-pyrrole nitrogens is 1. The number of aromatic amines is 1. The van der Waals surface area contributed by atoms with E-state index in [0.717, 1.165) is 21.7 Å². The lowest BCUT2D eigenvalue weighted by Crippen LogP contribution is -2.05. The lowest BCUT2D eigenvalue weighted by Gasteiger charge is -2.09. The molecule has 1 aromatic carbocycles. The third-order valence-corrected chi connectivity index (χ3v) is 5.66. The Labute approximate surface area is 143 Å². The van der Waals surface area contributed by atoms with Crippen molar-refractivity contribution in [1.82, 2.24) is 9.97 Å². The molecule has 0 radical (unpaired) electrons. The van der Waals surface area contributed by atoms with Crippen LogP contribution in [0.4, 0.5) is 0 Å². The van der Waals surface area contributed by atoms with Crippen LogP contribution < -0.4 is 4.74 Å². The molecule has 4 rings (SSSR count). The normalized spacial score (nSPS) is 15.6. The number of carboxylic acid groups (broad SMARTS) is 1. The van der Waals surface area contributed by atoms with Crippen LogP contribution in [0.3, 0.4) is 0 Å². The first-order valence-corrected chi connectivity index (χ1v) is 8.75. The van der Waals surface area contributed by atoms with Gasteiger partial charge in [-0.25, -0.2) is 9.78 Å². The second-order valence-corrected chi connectivity index (χ2v) is 7.50. The minimum Gasteiger partial charge on any atom is -0.497 e. The summed E-state index contributed by atoms with van der Waals surface area (Å²) in [6.45, 7) is 2.27. The zero-order valence-corrected chi connectivity index (χ0v) is 14.4. The van der Waals surface area contributed by atoms with Gasteiger partial charge in [0.2, 0.25) is 0 Å². The quantitative estimate of drug-likeness (QED) is 0.735. The zero-order chi connectivity index (χ0) is 16.9. The third-order valence-electron chi connectivity index (χ3n) is 4.82. The van der Waals surface area contributed by atoms with E-state index in [1.807, 2.05) is 12.1 Å². The summed E-state index contributed by atoms with van der Waals surface area (Å²) in [5.41, 5.74) is 3.84. The molecule has 2 N–H and O–H groups in total. The Morgan fingerprint density at radius 1 is 1.46 bits per heavy atom. The highest BCUT2D eigenvalue weighted by atomic mass is 32.1. The number of ether oxygens (including phenoxy) is 1. The number of thiazole rings is 1. The summed E-state index contributed by atoms with van der Waals surface area (Å²) in [6, 6.07) is 6.04. The highest BCUT2D eigenvalue weighted by molar-refractivity contribution is 7.09. The van der Waals surface area contributed by atoms with Gasteiger partial charge in [0.1, 0.15) is 5.75 Å². The number of rotatable bonds is 5. The van der Waals surface area contributed by atoms with Crippen molar-refractivity contribution in [3.8, 4) is 5.75 Å². The first-order chi connectivity index (χ1) is 11.5. The van der Waals surface area contributed by atoms with E-state index < -0.39 is 5.97 Å². The van der Waals surface area contributed by atoms with E-state index in [1.54, 1.807) is 12.5 Å². The predicted octanol–water partition coefficient (Wildman–Crippen LogP) is 3.97. The lowest BCUT2D eigenvalue weighted by molar-refractivity contribution is 0.0691. The number of hydrogen-bond acceptors (Lipinski definition) is 4. The molecule has 2 heterocycles. The van der Waals surface area contributed by atoms with Gasteiger partial charge < -0.3 is 14.8 Å². The van der Waals surface area contributed by atoms with Crippen LogP contribution in [-0.4, -0.2) is 28.2 Å². The molecule has 0 spiro atoms. The number of nitrogens with zero attached hydrogens (tertiary/aromatic N) is 1. The summed E-state index contributed by atoms with van der Waals surface area (Å²) in [4.78, 5) is 18.9. The Kier molecular flexibility index (Phi) is 3.38. The van der Waals surface area contributed by atoms with Crippen LogP contribution >= 0.6 is 11.3 Å². The summed E-state index contributed by atoms with van der Waals surface area (Å²) in [7, 11) is 1.66. The first-order valence-electron chi connectivity index (χ1n) is 7.87. The average molecular weight is 342 g/mol. The molecule has 1 aliphatic carbocycles. The maximum atomic E-state index is 11.1. The third kappa shape index (κ3) is 2.47. The minimum absolute atomic E-state index is 0.121. The van der Waals surface area contributed by atoms with Crippen molar-refractivity contribution in [1.29, 1.82) is 0 Å². The molecule has 1 aliphatic rings. The average Bonchev–Trinajstić information content (AvgIpc) is 3.00. The van der Waals surface area contributed by atoms with Crippen molar-refractivity contribution < 1.29 is 14.6 Å². The molecule has 0 unspecified atom stereocenters. The number of methoxy groups -OCH3 is 1. The van der Waals surface area contributed by atoms with E-state index >= 15 is 0 Å². The SMILES string of the molecule is COc1ccc2c(Cc3nc(C(=O)O)cs3)c(C3(C)CC3)[nH]c2c1. The lowest BCUT2D eigenvalue weighted by atomic mass is 9.97. The van der Waals surface area contributed by atoms with E-state index in [2.05, 4.69) is 23.0 Å². The Balaban J connectivity index is 1.81. The van der Waals surface area contributed by atoms with Crippen LogP contribution in [0.5, 0.6) is 5.75 Å². The van der Waals surface area contributed by atoms with Crippen LogP contribution in [-0.2, 0) is 11.8 Å². The fourth-order valence-electron chi connectivity index (χ4n) is 3.14. The standard InChI is InChI=1S/C18H18N2O3S/c1-18(5-6-18)16-12(8-15-19-14(9-24-15)17(21)22)11-4-3-10(23-2)7-13(11)20-16/h3-4,7,9,20H,5-6,8H2,1-2H3,(H,21,22). The predicted molar refractivity (Wildman–Crippen MR) is 93.3 cm³/mol. The number of fused-ring (bicyclic) bond motifs is 1. The van der Waals surface area contributed by atoms with Gasteiger partial charge >= 0.3 is 5.97 Å². The Hall–Kier alpha value is -2.34. The molecular weight excluding hydrogens is 324 g/mol. The Bertz CT molecular complexity index is 937. The topological polar surface area (TPSA) is 75.2 Å². The number of hydrogen-bond donors (Lipinski definition) is 2. The van der Waals surface area contributed by atoms with Crippen LogP contribution in [0.25, 0.3) is 10.9 Å². The number of carboxylic acids is 1. The number of nitrogens with one attached hydrogen (secondary N) is 1. The number of aromatic carboxylic acids is 1. The van der Waals surface area contributed by atoms with Gasteiger partial charge in [-0.3, -0.25) is 0 Å². The molecule has 0 bridgehead atoms. The van der Waals surface area contributed by atoms with Gasteiger partial charge in [-0.05, 0) is 30.5 Å². The maximum absolute atomic E-state index is 11.1. The molecule has 124 valence electrons. The van der Waals surface area contributed by atoms with Gasteiger partial charge in [-0.1, -0.05) is 6.92 Å². The number of aromatic nitrogens is 2. The van der Waals surface area contributed by atoms with Gasteiger partial charge in [0.05, 0.1) is 12.1 Å². The van der Waals surface area contributed by atoms with Gasteiger partial charge in [0, 0.05) is 39.9 Å². The fourth-order valence-corrected chi connectivity index (χ4v) is 3.92. The smallest absolute Gasteiger partial charge is 0.355 e. The van der Waals surface area contributed by atoms with Gasteiger partial charge in [-0.2, -0.15) is 0 Å². The molecular formula is C18H18N2O3S. The molecule has 24 heavy (non-hydrogen) atoms. The molecule has 0 amide bonds. The second-order valence-electron chi connectivity index (χ2n) is 6.56. The van der Waals surface area contributed by atoms with E-state index in [-0.39, 0.29) is 11.1 Å². The zero-order valence-electron chi connectivity index (χ0n) is 13.5. The van der Waals surface area contributed by atoms with Crippen molar-refractivity contribution in [2.75, 3.05) is 7.11 Å². The van der Waals surface area contributed by atoms with Crippen molar-refractivity contribution in [3.63, 3.8) is 0 Å². The second kappa shape index (κ2) is 5.34. The van der Waals surface area contributed by atoms with Crippen LogP contribution in [0.15, 0.2) is 23.6 Å². The van der Waals surface area contributed by atoms with Gasteiger partial charge in [-0.15, -0.1) is 11.3 Å². The number of benzene rings is 1. The van der Waals surface area contributed by atoms with Crippen LogP contribution in [0, 0.1) is 0 Å². The summed E-state index contributed by atoms with van der Waals surface area (Å²) in [5, 5.41) is 12.7. The van der Waals surface area contributed by atoms with E-state index in [0.29, 0.717) is 6.42 Å². The van der Waals surface area contributed by atoms with Gasteiger partial charge in [0.15, 0.2) is 5.69 Å². The highest BCUT2D eigenvalue weighted by Gasteiger charge is 2.42. The molecule has 2 aromatic heterocycles. The summed E-state index contributed by atoms with van der Waals surface area (Å²) in [6.07, 6.45) is 2.99. The van der Waals surface area contributed by atoms with E-state index in [9.17, 15) is 4.79 Å². The fraction of sp³-hybridized carbons (Fsp3) is 0.333. The monoisotopic (exact) mass is 342 g/mol. The molecule has 6 heteroatoms. The Morgan fingerprint density at radius 3 is 2.88 bits per heavy atom. The van der Waals surface area contributed by atoms with E-state index in [1.165, 1.54) is 35.4 Å². The summed E-state index contributed by atoms with van der Waals surface area (Å²) < 4.78 is 5.33.